The van der Waals surface area contributed by atoms with Crippen molar-refractivity contribution in [2.24, 2.45) is 5.73 Å². The number of hydrogen-bond donors (Lipinski definition) is 2. The van der Waals surface area contributed by atoms with Gasteiger partial charge in [-0.15, -0.1) is 0 Å². The third kappa shape index (κ3) is 2.75. The van der Waals surface area contributed by atoms with Gasteiger partial charge in [0.05, 0.1) is 12.6 Å². The zero-order valence-electron chi connectivity index (χ0n) is 11.9. The minimum Gasteiger partial charge on any atom is -0.504 e. The molecule has 6 heteroatoms. The van der Waals surface area contributed by atoms with E-state index in [2.05, 4.69) is 10.1 Å². The Balaban J connectivity index is 2.33. The molecule has 3 N–H and O–H groups in total. The standard InChI is InChI=1S/C14H19N3O3/c1-4-7-14(2,15)13-16-12(17-20-13)9-5-6-10(18)11(8-9)19-3/h5-6,8,18H,4,7,15H2,1-3H3. The normalized spacial score (nSPS) is 14.0. The number of nitrogens with zero attached hydrogens (tertiary/aromatic N) is 2. The molecule has 0 radical (unpaired) electrons. The van der Waals surface area contributed by atoms with E-state index >= 15 is 0 Å². The lowest BCUT2D eigenvalue weighted by atomic mass is 9.98. The van der Waals surface area contributed by atoms with Crippen LogP contribution in [0.1, 0.15) is 32.6 Å². The second-order valence-electron chi connectivity index (χ2n) is 4.98. The molecule has 0 amide bonds. The van der Waals surface area contributed by atoms with E-state index < -0.39 is 5.54 Å². The zero-order chi connectivity index (χ0) is 14.8. The minimum absolute atomic E-state index is 0.0645. The molecule has 1 atom stereocenters. The van der Waals surface area contributed by atoms with Crippen LogP contribution in [-0.4, -0.2) is 22.4 Å². The number of aromatic nitrogens is 2. The summed E-state index contributed by atoms with van der Waals surface area (Å²) < 4.78 is 10.3. The SMILES string of the molecule is CCCC(C)(N)c1nc(-c2ccc(O)c(OC)c2)no1. The molecule has 6 nitrogen and oxygen atoms in total. The maximum Gasteiger partial charge on any atom is 0.246 e. The van der Waals surface area contributed by atoms with E-state index in [4.69, 9.17) is 15.0 Å². The fourth-order valence-electron chi connectivity index (χ4n) is 2.02. The van der Waals surface area contributed by atoms with Gasteiger partial charge in [0.2, 0.25) is 11.7 Å². The van der Waals surface area contributed by atoms with Crippen LogP contribution in [0, 0.1) is 0 Å². The lowest BCUT2D eigenvalue weighted by Crippen LogP contribution is -2.33. The lowest BCUT2D eigenvalue weighted by molar-refractivity contribution is 0.284. The molecule has 1 aromatic carbocycles. The maximum absolute atomic E-state index is 9.58. The number of rotatable bonds is 5. The van der Waals surface area contributed by atoms with Crippen LogP contribution in [0.15, 0.2) is 22.7 Å². The van der Waals surface area contributed by atoms with Crippen molar-refractivity contribution in [3.63, 3.8) is 0 Å². The first kappa shape index (κ1) is 14.3. The number of phenols is 1. The Bertz CT molecular complexity index is 593. The van der Waals surface area contributed by atoms with Gasteiger partial charge >= 0.3 is 0 Å². The molecule has 20 heavy (non-hydrogen) atoms. The molecule has 1 unspecified atom stereocenters. The molecule has 0 aliphatic heterocycles. The average Bonchev–Trinajstić information content (AvgIpc) is 2.89. The van der Waals surface area contributed by atoms with Crippen LogP contribution >= 0.6 is 0 Å². The Hall–Kier alpha value is -2.08. The van der Waals surface area contributed by atoms with Crippen LogP contribution in [0.4, 0.5) is 0 Å². The Morgan fingerprint density at radius 2 is 2.20 bits per heavy atom. The van der Waals surface area contributed by atoms with Gasteiger partial charge in [-0.1, -0.05) is 18.5 Å². The van der Waals surface area contributed by atoms with Crippen molar-refractivity contribution in [3.05, 3.63) is 24.1 Å². The Kier molecular flexibility index (Phi) is 3.94. The predicted molar refractivity (Wildman–Crippen MR) is 74.4 cm³/mol. The summed E-state index contributed by atoms with van der Waals surface area (Å²) in [6.45, 7) is 3.92. The molecule has 1 heterocycles. The van der Waals surface area contributed by atoms with E-state index in [1.54, 1.807) is 12.1 Å². The van der Waals surface area contributed by atoms with Crippen LogP contribution in [0.3, 0.4) is 0 Å². The van der Waals surface area contributed by atoms with Crippen LogP contribution < -0.4 is 10.5 Å². The van der Waals surface area contributed by atoms with Crippen molar-refractivity contribution in [2.45, 2.75) is 32.2 Å². The fraction of sp³-hybridized carbons (Fsp3) is 0.429. The van der Waals surface area contributed by atoms with E-state index in [1.165, 1.54) is 13.2 Å². The smallest absolute Gasteiger partial charge is 0.246 e. The average molecular weight is 277 g/mol. The molecule has 0 spiro atoms. The van der Waals surface area contributed by atoms with Gasteiger partial charge in [-0.25, -0.2) is 0 Å². The molecule has 0 bridgehead atoms. The summed E-state index contributed by atoms with van der Waals surface area (Å²) in [5.74, 6) is 1.25. The molecule has 0 aliphatic rings. The van der Waals surface area contributed by atoms with Crippen molar-refractivity contribution < 1.29 is 14.4 Å². The highest BCUT2D eigenvalue weighted by atomic mass is 16.5. The Morgan fingerprint density at radius 1 is 1.45 bits per heavy atom. The van der Waals surface area contributed by atoms with Crippen LogP contribution in [-0.2, 0) is 5.54 Å². The molecule has 0 saturated carbocycles. The third-order valence-electron chi connectivity index (χ3n) is 3.12. The first-order valence-corrected chi connectivity index (χ1v) is 6.48. The van der Waals surface area contributed by atoms with Gasteiger partial charge in [0.25, 0.3) is 0 Å². The third-order valence-corrected chi connectivity index (χ3v) is 3.12. The van der Waals surface area contributed by atoms with Gasteiger partial charge in [0.15, 0.2) is 11.5 Å². The largest absolute Gasteiger partial charge is 0.504 e. The van der Waals surface area contributed by atoms with Crippen molar-refractivity contribution in [3.8, 4) is 22.9 Å². The van der Waals surface area contributed by atoms with Crippen LogP contribution in [0.25, 0.3) is 11.4 Å². The summed E-state index contributed by atoms with van der Waals surface area (Å²) in [7, 11) is 1.48. The Morgan fingerprint density at radius 3 is 2.85 bits per heavy atom. The molecular formula is C14H19N3O3. The van der Waals surface area contributed by atoms with Gasteiger partial charge in [-0.2, -0.15) is 4.98 Å². The molecule has 0 aliphatic carbocycles. The minimum atomic E-state index is -0.638. The molecule has 1 aromatic heterocycles. The highest BCUT2D eigenvalue weighted by molar-refractivity contribution is 5.60. The van der Waals surface area contributed by atoms with Crippen LogP contribution in [0.5, 0.6) is 11.5 Å². The predicted octanol–water partition coefficient (Wildman–Crippen LogP) is 2.42. The van der Waals surface area contributed by atoms with Gasteiger partial charge in [-0.3, -0.25) is 0 Å². The van der Waals surface area contributed by atoms with E-state index in [1.807, 2.05) is 13.8 Å². The van der Waals surface area contributed by atoms with Gasteiger partial charge in [-0.05, 0) is 31.5 Å². The highest BCUT2D eigenvalue weighted by Crippen LogP contribution is 2.31. The topological polar surface area (TPSA) is 94.4 Å². The van der Waals surface area contributed by atoms with Gasteiger partial charge in [0.1, 0.15) is 0 Å². The molecule has 0 fully saturated rings. The van der Waals surface area contributed by atoms with Gasteiger partial charge in [0, 0.05) is 5.56 Å². The fourth-order valence-corrected chi connectivity index (χ4v) is 2.02. The number of nitrogens with two attached hydrogens (primary N) is 1. The highest BCUT2D eigenvalue weighted by Gasteiger charge is 2.27. The summed E-state index contributed by atoms with van der Waals surface area (Å²) in [6, 6.07) is 4.87. The summed E-state index contributed by atoms with van der Waals surface area (Å²) in [5.41, 5.74) is 6.22. The first-order valence-electron chi connectivity index (χ1n) is 6.48. The number of aromatic hydroxyl groups is 1. The molecular weight excluding hydrogens is 258 g/mol. The van der Waals surface area contributed by atoms with E-state index in [0.29, 0.717) is 23.0 Å². The Labute approximate surface area is 117 Å². The van der Waals surface area contributed by atoms with E-state index in [0.717, 1.165) is 12.8 Å². The van der Waals surface area contributed by atoms with Crippen molar-refractivity contribution in [1.29, 1.82) is 0 Å². The maximum atomic E-state index is 9.58. The number of methoxy groups -OCH3 is 1. The monoisotopic (exact) mass is 277 g/mol. The summed E-state index contributed by atoms with van der Waals surface area (Å²) >= 11 is 0. The molecule has 0 saturated heterocycles. The second kappa shape index (κ2) is 5.50. The quantitative estimate of drug-likeness (QED) is 0.871. The summed E-state index contributed by atoms with van der Waals surface area (Å²) in [5, 5.41) is 13.5. The number of hydrogen-bond acceptors (Lipinski definition) is 6. The number of ether oxygens (including phenoxy) is 1. The van der Waals surface area contributed by atoms with Gasteiger partial charge < -0.3 is 20.1 Å². The summed E-state index contributed by atoms with van der Waals surface area (Å²) in [6.07, 6.45) is 1.69. The second-order valence-corrected chi connectivity index (χ2v) is 4.98. The van der Waals surface area contributed by atoms with Crippen LogP contribution in [0.2, 0.25) is 0 Å². The van der Waals surface area contributed by atoms with Crippen molar-refractivity contribution >= 4 is 0 Å². The number of benzene rings is 1. The van der Waals surface area contributed by atoms with Crippen molar-refractivity contribution in [2.75, 3.05) is 7.11 Å². The molecule has 2 rings (SSSR count). The zero-order valence-corrected chi connectivity index (χ0v) is 11.9. The lowest BCUT2D eigenvalue weighted by Gasteiger charge is -2.18. The first-order chi connectivity index (χ1) is 9.47. The van der Waals surface area contributed by atoms with E-state index in [9.17, 15) is 5.11 Å². The summed E-state index contributed by atoms with van der Waals surface area (Å²) in [4.78, 5) is 4.34. The van der Waals surface area contributed by atoms with E-state index in [-0.39, 0.29) is 5.75 Å². The van der Waals surface area contributed by atoms with Crippen molar-refractivity contribution in [1.82, 2.24) is 10.1 Å². The molecule has 2 aromatic rings. The molecule has 108 valence electrons. The number of phenolic OH excluding ortho intramolecular Hbond substituents is 1.